The quantitative estimate of drug-likeness (QED) is 0.359. The van der Waals surface area contributed by atoms with Gasteiger partial charge in [0.2, 0.25) is 5.91 Å². The summed E-state index contributed by atoms with van der Waals surface area (Å²) in [6.45, 7) is 3.04. The smallest absolute Gasteiger partial charge is 0.333 e. The van der Waals surface area contributed by atoms with Crippen molar-refractivity contribution >= 4 is 17.8 Å². The van der Waals surface area contributed by atoms with E-state index in [0.717, 1.165) is 5.56 Å². The van der Waals surface area contributed by atoms with E-state index in [2.05, 4.69) is 5.32 Å². The molecule has 138 valence electrons. The van der Waals surface area contributed by atoms with Gasteiger partial charge < -0.3 is 24.6 Å². The van der Waals surface area contributed by atoms with Gasteiger partial charge in [0.1, 0.15) is 25.0 Å². The van der Waals surface area contributed by atoms with Gasteiger partial charge in [0.25, 0.3) is 0 Å². The lowest BCUT2D eigenvalue weighted by Gasteiger charge is -2.13. The molecule has 0 fully saturated rings. The van der Waals surface area contributed by atoms with Crippen LogP contribution in [0.5, 0.6) is 5.75 Å². The molecule has 0 saturated heterocycles. The first-order valence-corrected chi connectivity index (χ1v) is 7.84. The van der Waals surface area contributed by atoms with Crippen molar-refractivity contribution in [3.63, 3.8) is 0 Å². The number of carbonyl (C=O) groups excluding carboxylic acids is 3. The summed E-state index contributed by atoms with van der Waals surface area (Å²) in [6.07, 6.45) is 0.443. The highest BCUT2D eigenvalue weighted by Crippen LogP contribution is 2.13. The lowest BCUT2D eigenvalue weighted by molar-refractivity contribution is -0.142. The molecule has 0 spiro atoms. The summed E-state index contributed by atoms with van der Waals surface area (Å²) in [5.41, 5.74) is 0.761. The number of carbonyl (C=O) groups is 3. The molecule has 1 rings (SSSR count). The number of hydrogen-bond acceptors (Lipinski definition) is 7. The van der Waals surface area contributed by atoms with Crippen LogP contribution in [0.15, 0.2) is 24.3 Å². The van der Waals surface area contributed by atoms with Crippen molar-refractivity contribution < 1.29 is 33.7 Å². The van der Waals surface area contributed by atoms with Crippen LogP contribution in [-0.4, -0.2) is 48.8 Å². The average molecular weight is 353 g/mol. The minimum Gasteiger partial charge on any atom is -0.461 e. The maximum Gasteiger partial charge on any atom is 0.333 e. The standard InChI is InChI=1S/C17H23NO7/c1-12(18-16(21)11-23-9-3-8-19)17(22)25-15-6-4-14(5-7-15)10-24-13(2)20/h4-7,12,19H,3,8-11H2,1-2H3,(H,18,21). The zero-order chi connectivity index (χ0) is 18.7. The Balaban J connectivity index is 2.38. The third-order valence-corrected chi connectivity index (χ3v) is 2.99. The molecule has 1 unspecified atom stereocenters. The van der Waals surface area contributed by atoms with Crippen LogP contribution < -0.4 is 10.1 Å². The third-order valence-electron chi connectivity index (χ3n) is 2.99. The summed E-state index contributed by atoms with van der Waals surface area (Å²) in [5, 5.41) is 11.1. The van der Waals surface area contributed by atoms with E-state index in [1.807, 2.05) is 0 Å². The first-order chi connectivity index (χ1) is 11.9. The van der Waals surface area contributed by atoms with Gasteiger partial charge in [-0.15, -0.1) is 0 Å². The molecule has 0 radical (unpaired) electrons. The number of ether oxygens (including phenoxy) is 3. The Hall–Kier alpha value is -2.45. The van der Waals surface area contributed by atoms with Crippen molar-refractivity contribution in [3.8, 4) is 5.75 Å². The number of esters is 2. The maximum absolute atomic E-state index is 11.9. The summed E-state index contributed by atoms with van der Waals surface area (Å²) in [4.78, 5) is 34.3. The van der Waals surface area contributed by atoms with Gasteiger partial charge in [-0.05, 0) is 31.0 Å². The molecule has 0 aliphatic heterocycles. The van der Waals surface area contributed by atoms with Gasteiger partial charge in [-0.1, -0.05) is 12.1 Å². The van der Waals surface area contributed by atoms with Crippen molar-refractivity contribution in [2.75, 3.05) is 19.8 Å². The highest BCUT2D eigenvalue weighted by atomic mass is 16.5. The van der Waals surface area contributed by atoms with Crippen molar-refractivity contribution in [1.29, 1.82) is 0 Å². The predicted molar refractivity (Wildman–Crippen MR) is 87.7 cm³/mol. The Kier molecular flexibility index (Phi) is 9.20. The van der Waals surface area contributed by atoms with Gasteiger partial charge in [-0.3, -0.25) is 9.59 Å². The Morgan fingerprint density at radius 1 is 1.20 bits per heavy atom. The summed E-state index contributed by atoms with van der Waals surface area (Å²) >= 11 is 0. The molecule has 0 bridgehead atoms. The number of hydrogen-bond donors (Lipinski definition) is 2. The monoisotopic (exact) mass is 353 g/mol. The maximum atomic E-state index is 11.9. The van der Waals surface area contributed by atoms with Crippen LogP contribution in [0.4, 0.5) is 0 Å². The van der Waals surface area contributed by atoms with Crippen LogP contribution in [0.1, 0.15) is 25.8 Å². The summed E-state index contributed by atoms with van der Waals surface area (Å²) in [7, 11) is 0. The molecule has 25 heavy (non-hydrogen) atoms. The summed E-state index contributed by atoms with van der Waals surface area (Å²) in [6, 6.07) is 5.65. The highest BCUT2D eigenvalue weighted by molar-refractivity contribution is 5.85. The Labute approximate surface area is 146 Å². The third kappa shape index (κ3) is 8.83. The fraction of sp³-hybridized carbons (Fsp3) is 0.471. The predicted octanol–water partition coefficient (Wildman–Crippen LogP) is 0.559. The zero-order valence-corrected chi connectivity index (χ0v) is 14.3. The number of amides is 1. The zero-order valence-electron chi connectivity index (χ0n) is 14.3. The summed E-state index contributed by atoms with van der Waals surface area (Å²) < 4.78 is 15.1. The highest BCUT2D eigenvalue weighted by Gasteiger charge is 2.17. The minimum absolute atomic E-state index is 0.00991. The molecule has 0 aliphatic rings. The van der Waals surface area contributed by atoms with Gasteiger partial charge in [0.05, 0.1) is 0 Å². The van der Waals surface area contributed by atoms with Crippen LogP contribution in [0.3, 0.4) is 0 Å². The van der Waals surface area contributed by atoms with Gasteiger partial charge in [0.15, 0.2) is 0 Å². The Morgan fingerprint density at radius 3 is 2.48 bits per heavy atom. The molecule has 1 aromatic carbocycles. The van der Waals surface area contributed by atoms with E-state index in [0.29, 0.717) is 12.2 Å². The van der Waals surface area contributed by atoms with Crippen LogP contribution >= 0.6 is 0 Å². The average Bonchev–Trinajstić information content (AvgIpc) is 2.58. The van der Waals surface area contributed by atoms with E-state index in [1.54, 1.807) is 24.3 Å². The van der Waals surface area contributed by atoms with Crippen LogP contribution in [0, 0.1) is 0 Å². The minimum atomic E-state index is -0.838. The first kappa shape index (κ1) is 20.6. The van der Waals surface area contributed by atoms with Crippen LogP contribution in [0.25, 0.3) is 0 Å². The van der Waals surface area contributed by atoms with Gasteiger partial charge in [-0.2, -0.15) is 0 Å². The number of nitrogens with one attached hydrogen (secondary N) is 1. The fourth-order valence-electron chi connectivity index (χ4n) is 1.72. The largest absolute Gasteiger partial charge is 0.461 e. The molecular weight excluding hydrogens is 330 g/mol. The molecule has 0 aromatic heterocycles. The molecule has 2 N–H and O–H groups in total. The lowest BCUT2D eigenvalue weighted by Crippen LogP contribution is -2.42. The molecule has 1 amide bonds. The SMILES string of the molecule is CC(=O)OCc1ccc(OC(=O)C(C)NC(=O)COCCCO)cc1. The molecule has 0 saturated carbocycles. The molecule has 0 aliphatic carbocycles. The molecule has 1 atom stereocenters. The first-order valence-electron chi connectivity index (χ1n) is 7.84. The molecular formula is C17H23NO7. The normalized spacial score (nSPS) is 11.5. The Morgan fingerprint density at radius 2 is 1.88 bits per heavy atom. The second-order valence-electron chi connectivity index (χ2n) is 5.26. The van der Waals surface area contributed by atoms with Gasteiger partial charge >= 0.3 is 11.9 Å². The van der Waals surface area contributed by atoms with Crippen LogP contribution in [0.2, 0.25) is 0 Å². The van der Waals surface area contributed by atoms with Crippen LogP contribution in [-0.2, 0) is 30.5 Å². The van der Waals surface area contributed by atoms with Crippen molar-refractivity contribution in [3.05, 3.63) is 29.8 Å². The van der Waals surface area contributed by atoms with Crippen molar-refractivity contribution in [1.82, 2.24) is 5.32 Å². The number of aliphatic hydroxyl groups excluding tert-OH is 1. The summed E-state index contributed by atoms with van der Waals surface area (Å²) in [5.74, 6) is -1.12. The van der Waals surface area contributed by atoms with E-state index in [-0.39, 0.29) is 32.4 Å². The van der Waals surface area contributed by atoms with E-state index < -0.39 is 17.9 Å². The lowest BCUT2D eigenvalue weighted by atomic mass is 10.2. The molecule has 8 nitrogen and oxygen atoms in total. The van der Waals surface area contributed by atoms with Gasteiger partial charge in [-0.25, -0.2) is 4.79 Å². The van der Waals surface area contributed by atoms with Crippen molar-refractivity contribution in [2.45, 2.75) is 32.9 Å². The molecule has 8 heteroatoms. The second kappa shape index (κ2) is 11.2. The van der Waals surface area contributed by atoms with E-state index in [9.17, 15) is 14.4 Å². The number of rotatable bonds is 10. The van der Waals surface area contributed by atoms with E-state index >= 15 is 0 Å². The number of aliphatic hydroxyl groups is 1. The number of benzene rings is 1. The molecule has 1 aromatic rings. The van der Waals surface area contributed by atoms with E-state index in [1.165, 1.54) is 13.8 Å². The Bertz CT molecular complexity index is 571. The topological polar surface area (TPSA) is 111 Å². The van der Waals surface area contributed by atoms with Gasteiger partial charge in [0, 0.05) is 20.1 Å². The fourth-order valence-corrected chi connectivity index (χ4v) is 1.72. The second-order valence-corrected chi connectivity index (χ2v) is 5.26. The molecule has 0 heterocycles. The van der Waals surface area contributed by atoms with Crippen molar-refractivity contribution in [2.24, 2.45) is 0 Å². The van der Waals surface area contributed by atoms with E-state index in [4.69, 9.17) is 19.3 Å².